The number of hydrogen-bond acceptors (Lipinski definition) is 1. The number of rotatable bonds is 1. The Labute approximate surface area is 74.4 Å². The van der Waals surface area contributed by atoms with E-state index in [1.807, 2.05) is 0 Å². The van der Waals surface area contributed by atoms with Crippen molar-refractivity contribution in [3.8, 4) is 0 Å². The molecule has 1 aromatic heterocycles. The van der Waals surface area contributed by atoms with Crippen molar-refractivity contribution in [1.82, 2.24) is 9.78 Å². The Morgan fingerprint density at radius 3 is 2.31 bits per heavy atom. The van der Waals surface area contributed by atoms with Crippen LogP contribution in [0.3, 0.4) is 0 Å². The summed E-state index contributed by atoms with van der Waals surface area (Å²) in [7, 11) is 1.52. The van der Waals surface area contributed by atoms with E-state index in [4.69, 9.17) is 0 Å². The summed E-state index contributed by atoms with van der Waals surface area (Å²) in [5.41, 5.74) is 0.804. The van der Waals surface area contributed by atoms with E-state index < -0.39 is 12.1 Å². The molecule has 1 atom stereocenters. The molecule has 5 heteroatoms. The summed E-state index contributed by atoms with van der Waals surface area (Å²) in [6, 6.07) is 1.46. The van der Waals surface area contributed by atoms with Gasteiger partial charge >= 0.3 is 6.18 Å². The first kappa shape index (κ1) is 10.1. The summed E-state index contributed by atoms with van der Waals surface area (Å²) in [4.78, 5) is 0. The Bertz CT molecular complexity index is 301. The second-order valence-electron chi connectivity index (χ2n) is 3.10. The number of aromatic nitrogens is 2. The van der Waals surface area contributed by atoms with E-state index in [9.17, 15) is 13.2 Å². The third-order valence-electron chi connectivity index (χ3n) is 1.97. The lowest BCUT2D eigenvalue weighted by Gasteiger charge is -2.15. The molecule has 0 radical (unpaired) electrons. The molecule has 0 aromatic carbocycles. The molecule has 74 valence electrons. The zero-order valence-corrected chi connectivity index (χ0v) is 7.68. The van der Waals surface area contributed by atoms with Crippen molar-refractivity contribution in [3.63, 3.8) is 0 Å². The molecule has 0 amide bonds. The molecule has 0 fully saturated rings. The van der Waals surface area contributed by atoms with Crippen molar-refractivity contribution in [3.05, 3.63) is 17.5 Å². The quantitative estimate of drug-likeness (QED) is 0.668. The molecule has 2 nitrogen and oxygen atoms in total. The molecule has 0 N–H and O–H groups in total. The van der Waals surface area contributed by atoms with Crippen LogP contribution >= 0.6 is 0 Å². The molecule has 1 unspecified atom stereocenters. The van der Waals surface area contributed by atoms with E-state index in [0.29, 0.717) is 5.69 Å². The van der Waals surface area contributed by atoms with Crippen molar-refractivity contribution in [2.75, 3.05) is 0 Å². The van der Waals surface area contributed by atoms with E-state index in [1.54, 1.807) is 6.92 Å². The minimum absolute atomic E-state index is 0.199. The second-order valence-corrected chi connectivity index (χ2v) is 3.10. The smallest absolute Gasteiger partial charge is 0.272 e. The number of nitrogens with zero attached hydrogens (tertiary/aromatic N) is 2. The van der Waals surface area contributed by atoms with E-state index in [2.05, 4.69) is 5.10 Å². The summed E-state index contributed by atoms with van der Waals surface area (Å²) in [6.07, 6.45) is -4.19. The summed E-state index contributed by atoms with van der Waals surface area (Å²) >= 11 is 0. The van der Waals surface area contributed by atoms with Crippen molar-refractivity contribution >= 4 is 0 Å². The lowest BCUT2D eigenvalue weighted by atomic mass is 10.1. The van der Waals surface area contributed by atoms with Gasteiger partial charge in [0.05, 0.1) is 17.3 Å². The van der Waals surface area contributed by atoms with Crippen LogP contribution in [0.1, 0.15) is 24.2 Å². The number of hydrogen-bond donors (Lipinski definition) is 0. The van der Waals surface area contributed by atoms with Crippen molar-refractivity contribution in [2.45, 2.75) is 25.9 Å². The molecular formula is C8H11F3N2. The number of alkyl halides is 3. The van der Waals surface area contributed by atoms with Gasteiger partial charge in [0, 0.05) is 7.05 Å². The molecule has 0 aliphatic heterocycles. The Balaban J connectivity index is 3.01. The van der Waals surface area contributed by atoms with Crippen LogP contribution in [0.15, 0.2) is 6.07 Å². The topological polar surface area (TPSA) is 17.8 Å². The van der Waals surface area contributed by atoms with Gasteiger partial charge in [-0.2, -0.15) is 18.3 Å². The summed E-state index contributed by atoms with van der Waals surface area (Å²) in [6.45, 7) is 2.81. The molecule has 0 spiro atoms. The van der Waals surface area contributed by atoms with Crippen LogP contribution in [0.4, 0.5) is 13.2 Å². The molecule has 1 heterocycles. The van der Waals surface area contributed by atoms with Crippen LogP contribution in [0.5, 0.6) is 0 Å². The van der Waals surface area contributed by atoms with E-state index in [1.165, 1.54) is 17.8 Å². The van der Waals surface area contributed by atoms with Crippen LogP contribution in [0.25, 0.3) is 0 Å². The predicted molar refractivity (Wildman–Crippen MR) is 42.4 cm³/mol. The van der Waals surface area contributed by atoms with Gasteiger partial charge < -0.3 is 0 Å². The van der Waals surface area contributed by atoms with E-state index in [0.717, 1.165) is 6.92 Å². The average molecular weight is 192 g/mol. The standard InChI is InChI=1S/C8H11F3N2/c1-5-4-7(13(3)12-5)6(2)8(9,10)11/h4,6H,1-3H3. The summed E-state index contributed by atoms with van der Waals surface area (Å²) < 4.78 is 38.1. The summed E-state index contributed by atoms with van der Waals surface area (Å²) in [5.74, 6) is -1.46. The third kappa shape index (κ3) is 2.02. The fraction of sp³-hybridized carbons (Fsp3) is 0.625. The fourth-order valence-corrected chi connectivity index (χ4v) is 1.20. The average Bonchev–Trinajstić information content (AvgIpc) is 2.26. The van der Waals surface area contributed by atoms with Gasteiger partial charge in [0.1, 0.15) is 0 Å². The highest BCUT2D eigenvalue weighted by atomic mass is 19.4. The van der Waals surface area contributed by atoms with Gasteiger partial charge in [-0.25, -0.2) is 0 Å². The van der Waals surface area contributed by atoms with Crippen molar-refractivity contribution in [2.24, 2.45) is 7.05 Å². The first-order chi connectivity index (χ1) is 5.82. The zero-order chi connectivity index (χ0) is 10.2. The molecule has 0 bridgehead atoms. The first-order valence-corrected chi connectivity index (χ1v) is 3.89. The Morgan fingerprint density at radius 2 is 2.00 bits per heavy atom. The van der Waals surface area contributed by atoms with Gasteiger partial charge in [-0.1, -0.05) is 0 Å². The molecule has 1 aromatic rings. The Morgan fingerprint density at radius 1 is 1.46 bits per heavy atom. The lowest BCUT2D eigenvalue weighted by molar-refractivity contribution is -0.147. The molecule has 0 saturated heterocycles. The maximum absolute atomic E-state index is 12.3. The predicted octanol–water partition coefficient (Wildman–Crippen LogP) is 2.39. The van der Waals surface area contributed by atoms with Crippen LogP contribution in [0.2, 0.25) is 0 Å². The van der Waals surface area contributed by atoms with E-state index in [-0.39, 0.29) is 5.69 Å². The normalized spacial score (nSPS) is 14.6. The monoisotopic (exact) mass is 192 g/mol. The van der Waals surface area contributed by atoms with Gasteiger partial charge in [0.15, 0.2) is 0 Å². The Hall–Kier alpha value is -1.00. The maximum atomic E-state index is 12.3. The van der Waals surface area contributed by atoms with Gasteiger partial charge in [0.25, 0.3) is 0 Å². The van der Waals surface area contributed by atoms with Crippen LogP contribution in [-0.4, -0.2) is 16.0 Å². The highest BCUT2D eigenvalue weighted by Gasteiger charge is 2.38. The largest absolute Gasteiger partial charge is 0.396 e. The zero-order valence-electron chi connectivity index (χ0n) is 7.68. The Kier molecular flexibility index (Phi) is 2.36. The molecule has 1 rings (SSSR count). The lowest BCUT2D eigenvalue weighted by Crippen LogP contribution is -2.20. The van der Waals surface area contributed by atoms with Gasteiger partial charge in [-0.3, -0.25) is 4.68 Å². The van der Waals surface area contributed by atoms with Gasteiger partial charge in [-0.15, -0.1) is 0 Å². The maximum Gasteiger partial charge on any atom is 0.396 e. The molecule has 0 aliphatic rings. The fourth-order valence-electron chi connectivity index (χ4n) is 1.20. The highest BCUT2D eigenvalue weighted by molar-refractivity contribution is 5.14. The van der Waals surface area contributed by atoms with Gasteiger partial charge in [-0.05, 0) is 19.9 Å². The van der Waals surface area contributed by atoms with Crippen LogP contribution < -0.4 is 0 Å². The number of aryl methyl sites for hydroxylation is 2. The van der Waals surface area contributed by atoms with E-state index >= 15 is 0 Å². The minimum Gasteiger partial charge on any atom is -0.272 e. The molecule has 0 aliphatic carbocycles. The first-order valence-electron chi connectivity index (χ1n) is 3.89. The van der Waals surface area contributed by atoms with Gasteiger partial charge in [0.2, 0.25) is 0 Å². The van der Waals surface area contributed by atoms with Crippen LogP contribution in [0, 0.1) is 6.92 Å². The molecule has 0 saturated carbocycles. The van der Waals surface area contributed by atoms with Crippen molar-refractivity contribution < 1.29 is 13.2 Å². The molecule has 13 heavy (non-hydrogen) atoms. The number of halogens is 3. The van der Waals surface area contributed by atoms with Crippen LogP contribution in [-0.2, 0) is 7.05 Å². The second kappa shape index (κ2) is 3.05. The highest BCUT2D eigenvalue weighted by Crippen LogP contribution is 2.33. The SMILES string of the molecule is Cc1cc(C(C)C(F)(F)F)n(C)n1. The third-order valence-corrected chi connectivity index (χ3v) is 1.97. The minimum atomic E-state index is -4.19. The molecular weight excluding hydrogens is 181 g/mol. The summed E-state index contributed by atoms with van der Waals surface area (Å²) in [5, 5.41) is 3.86. The van der Waals surface area contributed by atoms with Crippen molar-refractivity contribution in [1.29, 1.82) is 0 Å².